The summed E-state index contributed by atoms with van der Waals surface area (Å²) < 4.78 is 34.0. The normalized spacial score (nSPS) is 18.0. The second-order valence-corrected chi connectivity index (χ2v) is 7.66. The van der Waals surface area contributed by atoms with Gasteiger partial charge in [-0.1, -0.05) is 0 Å². The van der Waals surface area contributed by atoms with E-state index in [9.17, 15) is 13.6 Å². The minimum Gasteiger partial charge on any atom is -0.476 e. The molecule has 0 radical (unpaired) electrons. The highest BCUT2D eigenvalue weighted by Crippen LogP contribution is 2.38. The molecule has 1 aliphatic heterocycles. The van der Waals surface area contributed by atoms with Gasteiger partial charge in [0.05, 0.1) is 19.7 Å². The number of alkyl halides is 2. The average Bonchev–Trinajstić information content (AvgIpc) is 3.39. The minimum atomic E-state index is -2.70. The summed E-state index contributed by atoms with van der Waals surface area (Å²) in [7, 11) is 3.42. The molecule has 1 saturated carbocycles. The van der Waals surface area contributed by atoms with Crippen molar-refractivity contribution in [3.63, 3.8) is 0 Å². The Morgan fingerprint density at radius 1 is 1.36 bits per heavy atom. The van der Waals surface area contributed by atoms with E-state index in [0.717, 1.165) is 18.4 Å². The van der Waals surface area contributed by atoms with Gasteiger partial charge in [-0.3, -0.25) is 14.4 Å². The van der Waals surface area contributed by atoms with E-state index in [4.69, 9.17) is 4.74 Å². The van der Waals surface area contributed by atoms with Gasteiger partial charge >= 0.3 is 0 Å². The third-order valence-electron chi connectivity index (χ3n) is 5.01. The fourth-order valence-electron chi connectivity index (χ4n) is 3.26. The lowest BCUT2D eigenvalue weighted by molar-refractivity contribution is -0.0265. The van der Waals surface area contributed by atoms with Crippen LogP contribution in [0.1, 0.15) is 28.9 Å². The molecular formula is C19H23F2N5O2. The van der Waals surface area contributed by atoms with Crippen molar-refractivity contribution in [2.45, 2.75) is 25.7 Å². The van der Waals surface area contributed by atoms with Crippen LogP contribution < -0.4 is 14.5 Å². The number of anilines is 2. The fraction of sp³-hybridized carbons (Fsp3) is 0.526. The summed E-state index contributed by atoms with van der Waals surface area (Å²) in [5.41, 5.74) is 1.55. The molecule has 1 saturated heterocycles. The molecule has 0 N–H and O–H groups in total. The highest BCUT2D eigenvalue weighted by Gasteiger charge is 2.45. The molecule has 7 nitrogen and oxygen atoms in total. The van der Waals surface area contributed by atoms with Crippen LogP contribution in [0, 0.1) is 12.8 Å². The maximum atomic E-state index is 13.3. The van der Waals surface area contributed by atoms with Crippen molar-refractivity contribution in [3.8, 4) is 5.88 Å². The predicted molar refractivity (Wildman–Crippen MR) is 100 cm³/mol. The lowest BCUT2D eigenvalue weighted by Gasteiger charge is -2.40. The highest BCUT2D eigenvalue weighted by atomic mass is 19.3. The minimum absolute atomic E-state index is 0.189. The molecule has 0 bridgehead atoms. The standard InChI is InChI=1S/C19H23F2N5O2/c1-12-8-24(2)23-16(12)25(3)18(27)14-6-7-15(26-10-19(20,21)11-26)17(22-14)28-9-13-4-5-13/h6-8,13H,4-5,9-11H2,1-3H3. The molecule has 1 amide bonds. The summed E-state index contributed by atoms with van der Waals surface area (Å²) in [6.07, 6.45) is 4.01. The van der Waals surface area contributed by atoms with Gasteiger partial charge in [0.25, 0.3) is 11.8 Å². The molecule has 1 aliphatic carbocycles. The SMILES string of the molecule is Cc1cn(C)nc1N(C)C(=O)c1ccc(N2CC(F)(F)C2)c(OCC2CC2)n1. The van der Waals surface area contributed by atoms with Crippen LogP contribution in [0.4, 0.5) is 20.3 Å². The van der Waals surface area contributed by atoms with Crippen LogP contribution in [0.3, 0.4) is 0 Å². The molecule has 3 heterocycles. The highest BCUT2D eigenvalue weighted by molar-refractivity contribution is 6.04. The first-order chi connectivity index (χ1) is 13.2. The Morgan fingerprint density at radius 2 is 2.07 bits per heavy atom. The first-order valence-electron chi connectivity index (χ1n) is 9.28. The summed E-state index contributed by atoms with van der Waals surface area (Å²) >= 11 is 0. The first-order valence-corrected chi connectivity index (χ1v) is 9.28. The predicted octanol–water partition coefficient (Wildman–Crippen LogP) is 2.64. The molecule has 150 valence electrons. The van der Waals surface area contributed by atoms with Gasteiger partial charge in [-0.05, 0) is 37.8 Å². The molecule has 0 spiro atoms. The Kier molecular flexibility index (Phi) is 4.47. The van der Waals surface area contributed by atoms with Gasteiger partial charge in [0.1, 0.15) is 11.4 Å². The Bertz CT molecular complexity index is 902. The number of halogens is 2. The second kappa shape index (κ2) is 6.72. The van der Waals surface area contributed by atoms with Crippen molar-refractivity contribution >= 4 is 17.4 Å². The van der Waals surface area contributed by atoms with Crippen LogP contribution in [0.5, 0.6) is 5.88 Å². The Labute approximate surface area is 161 Å². The van der Waals surface area contributed by atoms with Crippen LogP contribution in [0.2, 0.25) is 0 Å². The Morgan fingerprint density at radius 3 is 2.64 bits per heavy atom. The number of amides is 1. The molecule has 0 unspecified atom stereocenters. The zero-order valence-corrected chi connectivity index (χ0v) is 16.2. The quantitative estimate of drug-likeness (QED) is 0.758. The number of nitrogens with zero attached hydrogens (tertiary/aromatic N) is 5. The maximum absolute atomic E-state index is 13.3. The van der Waals surface area contributed by atoms with Crippen LogP contribution in [-0.2, 0) is 7.05 Å². The number of pyridine rings is 1. The second-order valence-electron chi connectivity index (χ2n) is 7.66. The van der Waals surface area contributed by atoms with Gasteiger partial charge in [0.15, 0.2) is 5.82 Å². The van der Waals surface area contributed by atoms with Crippen molar-refractivity contribution in [1.82, 2.24) is 14.8 Å². The maximum Gasteiger partial charge on any atom is 0.282 e. The molecule has 9 heteroatoms. The van der Waals surface area contributed by atoms with Crippen LogP contribution >= 0.6 is 0 Å². The summed E-state index contributed by atoms with van der Waals surface area (Å²) in [5, 5.41) is 4.30. The summed E-state index contributed by atoms with van der Waals surface area (Å²) in [4.78, 5) is 20.2. The Hall–Kier alpha value is -2.71. The van der Waals surface area contributed by atoms with Gasteiger partial charge in [-0.15, -0.1) is 0 Å². The summed E-state index contributed by atoms with van der Waals surface area (Å²) in [5.74, 6) is -1.77. The molecule has 0 atom stereocenters. The summed E-state index contributed by atoms with van der Waals surface area (Å²) in [6.45, 7) is 1.62. The molecule has 0 aromatic carbocycles. The molecular weight excluding hydrogens is 368 g/mol. The topological polar surface area (TPSA) is 63.5 Å². The first kappa shape index (κ1) is 18.6. The molecule has 2 fully saturated rings. The lowest BCUT2D eigenvalue weighted by Crippen LogP contribution is -2.56. The van der Waals surface area contributed by atoms with Gasteiger partial charge in [0, 0.05) is 25.9 Å². The number of aromatic nitrogens is 3. The van der Waals surface area contributed by atoms with Gasteiger partial charge < -0.3 is 9.64 Å². The van der Waals surface area contributed by atoms with E-state index in [2.05, 4.69) is 10.1 Å². The van der Waals surface area contributed by atoms with Crippen molar-refractivity contribution in [3.05, 3.63) is 29.6 Å². The monoisotopic (exact) mass is 391 g/mol. The third kappa shape index (κ3) is 3.65. The van der Waals surface area contributed by atoms with E-state index >= 15 is 0 Å². The lowest BCUT2D eigenvalue weighted by atomic mass is 10.1. The van der Waals surface area contributed by atoms with E-state index in [1.165, 1.54) is 9.80 Å². The number of hydrogen-bond donors (Lipinski definition) is 0. The molecule has 4 rings (SSSR count). The van der Waals surface area contributed by atoms with Crippen LogP contribution in [0.15, 0.2) is 18.3 Å². The van der Waals surface area contributed by atoms with E-state index in [1.54, 1.807) is 30.9 Å². The smallest absolute Gasteiger partial charge is 0.282 e. The Balaban J connectivity index is 1.58. The van der Waals surface area contributed by atoms with Gasteiger partial charge in [-0.25, -0.2) is 13.8 Å². The van der Waals surface area contributed by atoms with Crippen LogP contribution in [-0.4, -0.2) is 53.3 Å². The molecule has 2 aromatic rings. The zero-order valence-electron chi connectivity index (χ0n) is 16.2. The molecule has 28 heavy (non-hydrogen) atoms. The number of rotatable bonds is 6. The van der Waals surface area contributed by atoms with E-state index in [0.29, 0.717) is 24.0 Å². The zero-order chi connectivity index (χ0) is 20.1. The van der Waals surface area contributed by atoms with Crippen LogP contribution in [0.25, 0.3) is 0 Å². The molecule has 2 aliphatic rings. The largest absolute Gasteiger partial charge is 0.476 e. The van der Waals surface area contributed by atoms with Crippen molar-refractivity contribution in [1.29, 1.82) is 0 Å². The van der Waals surface area contributed by atoms with Gasteiger partial charge in [-0.2, -0.15) is 5.10 Å². The number of carbonyl (C=O) groups is 1. The number of aryl methyl sites for hydroxylation is 2. The van der Waals surface area contributed by atoms with Crippen molar-refractivity contribution < 1.29 is 18.3 Å². The van der Waals surface area contributed by atoms with Crippen molar-refractivity contribution in [2.24, 2.45) is 13.0 Å². The average molecular weight is 391 g/mol. The van der Waals surface area contributed by atoms with Crippen molar-refractivity contribution in [2.75, 3.05) is 36.5 Å². The fourth-order valence-corrected chi connectivity index (χ4v) is 3.26. The number of hydrogen-bond acceptors (Lipinski definition) is 5. The van der Waals surface area contributed by atoms with E-state index in [-0.39, 0.29) is 30.6 Å². The summed E-state index contributed by atoms with van der Waals surface area (Å²) in [6, 6.07) is 3.18. The van der Waals surface area contributed by atoms with Gasteiger partial charge in [0.2, 0.25) is 5.88 Å². The van der Waals surface area contributed by atoms with E-state index < -0.39 is 5.92 Å². The third-order valence-corrected chi connectivity index (χ3v) is 5.01. The number of carbonyl (C=O) groups excluding carboxylic acids is 1. The van der Waals surface area contributed by atoms with E-state index in [1.807, 2.05) is 13.1 Å². The molecule has 2 aromatic heterocycles. The number of ether oxygens (including phenoxy) is 1.